The highest BCUT2D eigenvalue weighted by Crippen LogP contribution is 2.41. The second-order valence-electron chi connectivity index (χ2n) is 11.6. The Bertz CT molecular complexity index is 958. The second-order valence-corrected chi connectivity index (χ2v) is 11.6. The van der Waals surface area contributed by atoms with Gasteiger partial charge in [-0.3, -0.25) is 9.59 Å². The summed E-state index contributed by atoms with van der Waals surface area (Å²) < 4.78 is 0. The molecule has 0 aliphatic heterocycles. The van der Waals surface area contributed by atoms with Gasteiger partial charge in [0.25, 0.3) is 0 Å². The molecule has 2 aromatic rings. The molecule has 0 radical (unpaired) electrons. The largest absolute Gasteiger partial charge is 0.387 e. The highest BCUT2D eigenvalue weighted by Gasteiger charge is 2.46. The third-order valence-corrected chi connectivity index (χ3v) is 8.47. The molecule has 4 N–H and O–H groups in total. The van der Waals surface area contributed by atoms with Gasteiger partial charge in [0.2, 0.25) is 11.8 Å². The van der Waals surface area contributed by atoms with E-state index < -0.39 is 40.5 Å². The van der Waals surface area contributed by atoms with Crippen LogP contribution in [0.4, 0.5) is 0 Å². The molecule has 2 saturated carbocycles. The van der Waals surface area contributed by atoms with Crippen molar-refractivity contribution in [2.24, 2.45) is 5.41 Å². The zero-order valence-corrected chi connectivity index (χ0v) is 22.2. The lowest BCUT2D eigenvalue weighted by molar-refractivity contribution is -0.146. The first-order valence-electron chi connectivity index (χ1n) is 13.8. The van der Waals surface area contributed by atoms with Crippen molar-refractivity contribution in [2.75, 3.05) is 0 Å². The molecule has 2 amide bonds. The maximum Gasteiger partial charge on any atom is 0.235 e. The fourth-order valence-electron chi connectivity index (χ4n) is 5.98. The molecular weight excluding hydrogens is 464 g/mol. The third-order valence-electron chi connectivity index (χ3n) is 8.47. The number of carbonyl (C=O) groups is 2. The topological polar surface area (TPSA) is 98.7 Å². The molecule has 6 heteroatoms. The van der Waals surface area contributed by atoms with Crippen molar-refractivity contribution in [1.82, 2.24) is 10.6 Å². The molecule has 2 atom stereocenters. The quantitative estimate of drug-likeness (QED) is 0.374. The molecule has 2 aromatic carbocycles. The zero-order chi connectivity index (χ0) is 26.5. The number of hydrogen-bond acceptors (Lipinski definition) is 4. The summed E-state index contributed by atoms with van der Waals surface area (Å²) in [6, 6.07) is 17.8. The Morgan fingerprint density at radius 2 is 0.973 bits per heavy atom. The first-order chi connectivity index (χ1) is 17.7. The number of nitrogens with one attached hydrogen (secondary N) is 2. The Kier molecular flexibility index (Phi) is 8.39. The molecule has 0 aromatic heterocycles. The molecule has 2 aliphatic rings. The minimum absolute atomic E-state index is 0.444. The standard InChI is InChI=1S/C31H42N2O4/c1-29(2,27(34)32-25(23-15-7-3-8-16-23)30(36)19-11-5-12-20-30)28(35)33-26(24-17-9-4-10-18-24)31(37)21-13-6-14-22-31/h3-4,7-10,15-18,25-26,36-37H,5-6,11-14,19-22H2,1-2H3,(H,32,34)(H,33,35)/t25-,26-/m1/s1. The summed E-state index contributed by atoms with van der Waals surface area (Å²) >= 11 is 0. The van der Waals surface area contributed by atoms with E-state index in [9.17, 15) is 19.8 Å². The molecule has 6 nitrogen and oxygen atoms in total. The van der Waals surface area contributed by atoms with Crippen LogP contribution in [0.3, 0.4) is 0 Å². The minimum Gasteiger partial charge on any atom is -0.387 e. The Labute approximate surface area is 220 Å². The lowest BCUT2D eigenvalue weighted by atomic mass is 9.75. The summed E-state index contributed by atoms with van der Waals surface area (Å²) in [7, 11) is 0. The Morgan fingerprint density at radius 3 is 1.30 bits per heavy atom. The number of carbonyl (C=O) groups excluding carboxylic acids is 2. The van der Waals surface area contributed by atoms with Crippen LogP contribution in [0.1, 0.15) is 101 Å². The number of benzene rings is 2. The van der Waals surface area contributed by atoms with Gasteiger partial charge in [-0.2, -0.15) is 0 Å². The van der Waals surface area contributed by atoms with Crippen LogP contribution < -0.4 is 10.6 Å². The van der Waals surface area contributed by atoms with Gasteiger partial charge >= 0.3 is 0 Å². The van der Waals surface area contributed by atoms with Crippen LogP contribution in [0, 0.1) is 5.41 Å². The summed E-state index contributed by atoms with van der Waals surface area (Å²) in [5.41, 5.74) is -1.89. The van der Waals surface area contributed by atoms with Gasteiger partial charge in [0, 0.05) is 0 Å². The van der Waals surface area contributed by atoms with Crippen LogP contribution in [0.15, 0.2) is 60.7 Å². The summed E-state index contributed by atoms with van der Waals surface area (Å²) in [6.45, 7) is 3.22. The average molecular weight is 507 g/mol. The van der Waals surface area contributed by atoms with Crippen LogP contribution in [-0.2, 0) is 9.59 Å². The normalized spacial score (nSPS) is 20.9. The predicted molar refractivity (Wildman–Crippen MR) is 145 cm³/mol. The molecule has 4 rings (SSSR count). The molecule has 2 fully saturated rings. The molecule has 200 valence electrons. The van der Waals surface area contributed by atoms with E-state index in [1.54, 1.807) is 13.8 Å². The Morgan fingerprint density at radius 1 is 0.649 bits per heavy atom. The van der Waals surface area contributed by atoms with Crippen molar-refractivity contribution in [2.45, 2.75) is 101 Å². The third kappa shape index (κ3) is 6.07. The second kappa shape index (κ2) is 11.4. The summed E-state index contributed by atoms with van der Waals surface area (Å²) in [5.74, 6) is -0.888. The van der Waals surface area contributed by atoms with E-state index in [0.717, 1.165) is 49.7 Å². The molecule has 0 bridgehead atoms. The van der Waals surface area contributed by atoms with Crippen LogP contribution in [0.25, 0.3) is 0 Å². The van der Waals surface area contributed by atoms with E-state index in [2.05, 4.69) is 10.6 Å². The summed E-state index contributed by atoms with van der Waals surface area (Å²) in [4.78, 5) is 27.4. The van der Waals surface area contributed by atoms with Crippen LogP contribution in [0.2, 0.25) is 0 Å². The van der Waals surface area contributed by atoms with Crippen molar-refractivity contribution in [3.63, 3.8) is 0 Å². The van der Waals surface area contributed by atoms with Crippen LogP contribution >= 0.6 is 0 Å². The van der Waals surface area contributed by atoms with Gasteiger partial charge in [-0.15, -0.1) is 0 Å². The fourth-order valence-corrected chi connectivity index (χ4v) is 5.98. The van der Waals surface area contributed by atoms with E-state index in [1.165, 1.54) is 0 Å². The van der Waals surface area contributed by atoms with Crippen molar-refractivity contribution in [1.29, 1.82) is 0 Å². The summed E-state index contributed by atoms with van der Waals surface area (Å²) in [5, 5.41) is 29.3. The van der Waals surface area contributed by atoms with Gasteiger partial charge in [-0.05, 0) is 50.7 Å². The monoisotopic (exact) mass is 506 g/mol. The first-order valence-corrected chi connectivity index (χ1v) is 13.8. The molecule has 0 spiro atoms. The highest BCUT2D eigenvalue weighted by atomic mass is 16.3. The zero-order valence-electron chi connectivity index (χ0n) is 22.2. The van der Waals surface area contributed by atoms with Crippen LogP contribution in [0.5, 0.6) is 0 Å². The Hall–Kier alpha value is -2.70. The number of amides is 2. The maximum absolute atomic E-state index is 13.7. The lowest BCUT2D eigenvalue weighted by Crippen LogP contribution is -2.56. The molecule has 0 heterocycles. The van der Waals surface area contributed by atoms with Gasteiger partial charge in [0.1, 0.15) is 5.41 Å². The molecule has 2 aliphatic carbocycles. The molecule has 0 unspecified atom stereocenters. The van der Waals surface area contributed by atoms with Crippen molar-refractivity contribution >= 4 is 11.8 Å². The Balaban J connectivity index is 1.57. The van der Waals surface area contributed by atoms with E-state index in [1.807, 2.05) is 60.7 Å². The maximum atomic E-state index is 13.7. The van der Waals surface area contributed by atoms with E-state index in [0.29, 0.717) is 25.7 Å². The van der Waals surface area contributed by atoms with Gasteiger partial charge in [0.15, 0.2) is 0 Å². The van der Waals surface area contributed by atoms with Crippen molar-refractivity contribution in [3.05, 3.63) is 71.8 Å². The lowest BCUT2D eigenvalue weighted by Gasteiger charge is -2.42. The van der Waals surface area contributed by atoms with E-state index >= 15 is 0 Å². The van der Waals surface area contributed by atoms with Crippen molar-refractivity contribution < 1.29 is 19.8 Å². The first kappa shape index (κ1) is 27.3. The average Bonchev–Trinajstić information content (AvgIpc) is 2.91. The smallest absolute Gasteiger partial charge is 0.235 e. The van der Waals surface area contributed by atoms with E-state index in [4.69, 9.17) is 0 Å². The van der Waals surface area contributed by atoms with Crippen LogP contribution in [-0.4, -0.2) is 33.2 Å². The molecule has 37 heavy (non-hydrogen) atoms. The minimum atomic E-state index is -1.42. The molecule has 0 saturated heterocycles. The summed E-state index contributed by atoms with van der Waals surface area (Å²) in [6.07, 6.45) is 8.13. The molecular formula is C31H42N2O4. The number of aliphatic hydroxyl groups is 2. The van der Waals surface area contributed by atoms with Gasteiger partial charge in [0.05, 0.1) is 23.3 Å². The predicted octanol–water partition coefficient (Wildman–Crippen LogP) is 5.12. The van der Waals surface area contributed by atoms with E-state index in [-0.39, 0.29) is 0 Å². The number of hydrogen-bond donors (Lipinski definition) is 4. The van der Waals surface area contributed by atoms with Gasteiger partial charge in [-0.25, -0.2) is 0 Å². The van der Waals surface area contributed by atoms with Crippen molar-refractivity contribution in [3.8, 4) is 0 Å². The highest BCUT2D eigenvalue weighted by molar-refractivity contribution is 6.04. The van der Waals surface area contributed by atoms with Gasteiger partial charge in [-0.1, -0.05) is 99.2 Å². The van der Waals surface area contributed by atoms with Gasteiger partial charge < -0.3 is 20.8 Å². The fraction of sp³-hybridized carbons (Fsp3) is 0.548. The number of rotatable bonds is 8. The SMILES string of the molecule is CC(C)(C(=O)N[C@H](c1ccccc1)C1(O)CCCCC1)C(=O)N[C@H](c1ccccc1)C1(O)CCCCC1.